The molecule has 0 bridgehead atoms. The van der Waals surface area contributed by atoms with Crippen LogP contribution in [0.15, 0.2) is 55.7 Å². The molecule has 0 unspecified atom stereocenters. The Kier molecular flexibility index (Phi) is 7.61. The Balaban J connectivity index is 2.51. The lowest BCUT2D eigenvalue weighted by Gasteiger charge is -2.18. The Morgan fingerprint density at radius 1 is 1.29 bits per heavy atom. The van der Waals surface area contributed by atoms with Gasteiger partial charge in [-0.15, -0.1) is 13.2 Å². The van der Waals surface area contributed by atoms with Crippen molar-refractivity contribution in [1.29, 1.82) is 0 Å². The highest BCUT2D eigenvalue weighted by Crippen LogP contribution is 2.14. The number of carboxylic acid groups (broad SMARTS) is 1. The van der Waals surface area contributed by atoms with Gasteiger partial charge in [0.05, 0.1) is 0 Å². The molecule has 0 amide bonds. The van der Waals surface area contributed by atoms with E-state index < -0.39 is 5.97 Å². The van der Waals surface area contributed by atoms with E-state index in [-0.39, 0.29) is 0 Å². The van der Waals surface area contributed by atoms with Gasteiger partial charge in [0.2, 0.25) is 0 Å². The maximum Gasteiger partial charge on any atom is 0.328 e. The first-order valence-electron chi connectivity index (χ1n) is 6.73. The highest BCUT2D eigenvalue weighted by atomic mass is 16.5. The van der Waals surface area contributed by atoms with Gasteiger partial charge in [0.1, 0.15) is 12.4 Å². The Labute approximate surface area is 125 Å². The fraction of sp³-hybridized carbons (Fsp3) is 0.235. The molecule has 21 heavy (non-hydrogen) atoms. The molecule has 0 heterocycles. The third kappa shape index (κ3) is 7.13. The van der Waals surface area contributed by atoms with Gasteiger partial charge >= 0.3 is 5.97 Å². The number of nitrogens with zero attached hydrogens (tertiary/aromatic N) is 1. The SMILES string of the molecule is C=CCN(CC=C)CCOc1cccc(/C=C/C(=O)O)c1. The lowest BCUT2D eigenvalue weighted by molar-refractivity contribution is -0.131. The molecule has 0 saturated heterocycles. The maximum atomic E-state index is 10.5. The monoisotopic (exact) mass is 287 g/mol. The zero-order valence-corrected chi connectivity index (χ0v) is 12.1. The van der Waals surface area contributed by atoms with Crippen LogP contribution in [0, 0.1) is 0 Å². The van der Waals surface area contributed by atoms with Gasteiger partial charge in [-0.25, -0.2) is 4.79 Å². The van der Waals surface area contributed by atoms with Crippen molar-refractivity contribution >= 4 is 12.0 Å². The molecule has 0 aromatic heterocycles. The smallest absolute Gasteiger partial charge is 0.328 e. The van der Waals surface area contributed by atoms with Crippen LogP contribution in [0.2, 0.25) is 0 Å². The zero-order valence-electron chi connectivity index (χ0n) is 12.1. The molecule has 0 spiro atoms. The van der Waals surface area contributed by atoms with E-state index in [9.17, 15) is 4.79 Å². The first kappa shape index (κ1) is 16.7. The Morgan fingerprint density at radius 3 is 2.62 bits per heavy atom. The Hall–Kier alpha value is -2.33. The third-order valence-electron chi connectivity index (χ3n) is 2.73. The summed E-state index contributed by atoms with van der Waals surface area (Å²) < 4.78 is 5.69. The molecule has 0 aliphatic carbocycles. The quantitative estimate of drug-likeness (QED) is 0.531. The number of aliphatic carboxylic acids is 1. The fourth-order valence-corrected chi connectivity index (χ4v) is 1.79. The second kappa shape index (κ2) is 9.55. The summed E-state index contributed by atoms with van der Waals surface area (Å²) in [5, 5.41) is 8.61. The van der Waals surface area contributed by atoms with Gasteiger partial charge in [-0.2, -0.15) is 0 Å². The molecule has 0 fully saturated rings. The molecular formula is C17H21NO3. The summed E-state index contributed by atoms with van der Waals surface area (Å²) in [7, 11) is 0. The normalized spacial score (nSPS) is 10.7. The van der Waals surface area contributed by atoms with Crippen LogP contribution in [-0.2, 0) is 4.79 Å². The van der Waals surface area contributed by atoms with Crippen LogP contribution in [0.4, 0.5) is 0 Å². The van der Waals surface area contributed by atoms with Crippen molar-refractivity contribution in [3.8, 4) is 5.75 Å². The average molecular weight is 287 g/mol. The van der Waals surface area contributed by atoms with E-state index in [1.165, 1.54) is 6.08 Å². The fourth-order valence-electron chi connectivity index (χ4n) is 1.79. The van der Waals surface area contributed by atoms with E-state index in [0.29, 0.717) is 6.61 Å². The second-order valence-corrected chi connectivity index (χ2v) is 4.43. The number of ether oxygens (including phenoxy) is 1. The summed E-state index contributed by atoms with van der Waals surface area (Å²) in [5.41, 5.74) is 0.795. The molecule has 1 rings (SSSR count). The van der Waals surface area contributed by atoms with Crippen LogP contribution in [0.3, 0.4) is 0 Å². The van der Waals surface area contributed by atoms with Gasteiger partial charge in [0.25, 0.3) is 0 Å². The van der Waals surface area contributed by atoms with Crippen molar-refractivity contribution in [3.63, 3.8) is 0 Å². The topological polar surface area (TPSA) is 49.8 Å². The molecule has 0 saturated carbocycles. The van der Waals surface area contributed by atoms with Crippen molar-refractivity contribution in [1.82, 2.24) is 4.90 Å². The largest absolute Gasteiger partial charge is 0.492 e. The predicted molar refractivity (Wildman–Crippen MR) is 85.4 cm³/mol. The lowest BCUT2D eigenvalue weighted by atomic mass is 10.2. The van der Waals surface area contributed by atoms with Gasteiger partial charge in [0, 0.05) is 25.7 Å². The van der Waals surface area contributed by atoms with Crippen molar-refractivity contribution in [3.05, 3.63) is 61.2 Å². The molecule has 0 radical (unpaired) electrons. The Bertz CT molecular complexity index is 499. The van der Waals surface area contributed by atoms with Gasteiger partial charge in [0.15, 0.2) is 0 Å². The molecule has 112 valence electrons. The van der Waals surface area contributed by atoms with Gasteiger partial charge in [-0.05, 0) is 23.8 Å². The maximum absolute atomic E-state index is 10.5. The number of hydrogen-bond acceptors (Lipinski definition) is 3. The van der Waals surface area contributed by atoms with Crippen LogP contribution < -0.4 is 4.74 Å². The minimum Gasteiger partial charge on any atom is -0.492 e. The minimum atomic E-state index is -0.967. The van der Waals surface area contributed by atoms with Crippen molar-refractivity contribution < 1.29 is 14.6 Å². The number of carboxylic acids is 1. The summed E-state index contributed by atoms with van der Waals surface area (Å²) >= 11 is 0. The number of hydrogen-bond donors (Lipinski definition) is 1. The number of carbonyl (C=O) groups is 1. The molecule has 0 aliphatic heterocycles. The van der Waals surface area contributed by atoms with Gasteiger partial charge in [-0.3, -0.25) is 4.90 Å². The molecule has 1 aromatic rings. The third-order valence-corrected chi connectivity index (χ3v) is 2.73. The van der Waals surface area contributed by atoms with E-state index >= 15 is 0 Å². The highest BCUT2D eigenvalue weighted by Gasteiger charge is 2.01. The van der Waals surface area contributed by atoms with Crippen LogP contribution >= 0.6 is 0 Å². The molecule has 4 nitrogen and oxygen atoms in total. The average Bonchev–Trinajstić information content (AvgIpc) is 2.46. The Morgan fingerprint density at radius 2 is 2.00 bits per heavy atom. The van der Waals surface area contributed by atoms with Crippen LogP contribution in [0.5, 0.6) is 5.75 Å². The molecule has 1 aromatic carbocycles. The van der Waals surface area contributed by atoms with Crippen LogP contribution in [-0.4, -0.2) is 42.2 Å². The first-order valence-corrected chi connectivity index (χ1v) is 6.73. The van der Waals surface area contributed by atoms with Crippen molar-refractivity contribution in [2.45, 2.75) is 0 Å². The molecule has 1 N–H and O–H groups in total. The van der Waals surface area contributed by atoms with E-state index in [1.54, 1.807) is 0 Å². The van der Waals surface area contributed by atoms with Crippen LogP contribution in [0.1, 0.15) is 5.56 Å². The summed E-state index contributed by atoms with van der Waals surface area (Å²) in [5.74, 6) is -0.245. The van der Waals surface area contributed by atoms with Gasteiger partial charge in [-0.1, -0.05) is 24.3 Å². The second-order valence-electron chi connectivity index (χ2n) is 4.43. The van der Waals surface area contributed by atoms with Crippen LogP contribution in [0.25, 0.3) is 6.08 Å². The molecular weight excluding hydrogens is 266 g/mol. The highest BCUT2D eigenvalue weighted by molar-refractivity contribution is 5.85. The first-order chi connectivity index (χ1) is 10.2. The zero-order chi connectivity index (χ0) is 15.5. The van der Waals surface area contributed by atoms with E-state index in [2.05, 4.69) is 18.1 Å². The summed E-state index contributed by atoms with van der Waals surface area (Å²) in [6.07, 6.45) is 6.34. The number of benzene rings is 1. The molecule has 4 heteroatoms. The standard InChI is InChI=1S/C17H21NO3/c1-3-10-18(11-4-2)12-13-21-16-7-5-6-15(14-16)8-9-17(19)20/h3-9,14H,1-2,10-13H2,(H,19,20)/b9-8+. The van der Waals surface area contributed by atoms with E-state index in [1.807, 2.05) is 36.4 Å². The van der Waals surface area contributed by atoms with Gasteiger partial charge < -0.3 is 9.84 Å². The van der Waals surface area contributed by atoms with Crippen molar-refractivity contribution in [2.75, 3.05) is 26.2 Å². The van der Waals surface area contributed by atoms with E-state index in [4.69, 9.17) is 9.84 Å². The summed E-state index contributed by atoms with van der Waals surface area (Å²) in [4.78, 5) is 12.6. The lowest BCUT2D eigenvalue weighted by Crippen LogP contribution is -2.28. The number of rotatable bonds is 10. The van der Waals surface area contributed by atoms with Crippen molar-refractivity contribution in [2.24, 2.45) is 0 Å². The summed E-state index contributed by atoms with van der Waals surface area (Å²) in [6.45, 7) is 10.3. The minimum absolute atomic E-state index is 0.549. The predicted octanol–water partition coefficient (Wildman–Crippen LogP) is 2.84. The molecule has 0 aliphatic rings. The molecule has 0 atom stereocenters. The van der Waals surface area contributed by atoms with E-state index in [0.717, 1.165) is 37.0 Å². The summed E-state index contributed by atoms with van der Waals surface area (Å²) in [6, 6.07) is 7.32.